The smallest absolute Gasteiger partial charge is 0.0348 e. The van der Waals surface area contributed by atoms with Crippen molar-refractivity contribution in [2.75, 3.05) is 25.8 Å². The van der Waals surface area contributed by atoms with Gasteiger partial charge in [-0.05, 0) is 62.1 Å². The van der Waals surface area contributed by atoms with E-state index in [1.165, 1.54) is 37.9 Å². The van der Waals surface area contributed by atoms with Crippen LogP contribution in [0.4, 0.5) is 0 Å². The fourth-order valence-electron chi connectivity index (χ4n) is 2.68. The summed E-state index contributed by atoms with van der Waals surface area (Å²) in [4.78, 5) is 3.38. The Balaban J connectivity index is 2.06. The second-order valence-corrected chi connectivity index (χ2v) is 5.49. The van der Waals surface area contributed by atoms with E-state index in [2.05, 4.69) is 24.0 Å². The lowest BCUT2D eigenvalue weighted by atomic mass is 9.90. The standard InChI is InChI=1S/C15H23NS/c1-3-9-16-10-5-7-14(12-16)13-6-4-8-15(11-13)17-2/h4,6,8,11,14H,3,5,7,9-10,12H2,1-2H3/t14-/m1/s1/i2+1D3. The third kappa shape index (κ3) is 3.49. The van der Waals surface area contributed by atoms with Crippen LogP contribution in [0.2, 0.25) is 0 Å². The molecule has 1 aromatic carbocycles. The number of rotatable bonds is 4. The third-order valence-corrected chi connectivity index (χ3v) is 3.98. The maximum atomic E-state index is 7.36. The first kappa shape index (κ1) is 9.46. The van der Waals surface area contributed by atoms with E-state index in [0.29, 0.717) is 5.92 Å². The van der Waals surface area contributed by atoms with Gasteiger partial charge in [-0.2, -0.15) is 0 Å². The van der Waals surface area contributed by atoms with Gasteiger partial charge in [0.05, 0.1) is 0 Å². The highest BCUT2D eigenvalue weighted by molar-refractivity contribution is 7.98. The van der Waals surface area contributed by atoms with Gasteiger partial charge in [0.15, 0.2) is 0 Å². The van der Waals surface area contributed by atoms with Crippen molar-refractivity contribution in [2.45, 2.75) is 37.0 Å². The summed E-state index contributed by atoms with van der Waals surface area (Å²) >= 11 is 0.976. The summed E-state index contributed by atoms with van der Waals surface area (Å²) < 4.78 is 22.1. The molecule has 0 spiro atoms. The van der Waals surface area contributed by atoms with Crippen LogP contribution in [0.15, 0.2) is 29.2 Å². The highest BCUT2D eigenvalue weighted by Crippen LogP contribution is 2.29. The molecular formula is C15H23NS. The lowest BCUT2D eigenvalue weighted by Crippen LogP contribution is -2.34. The van der Waals surface area contributed by atoms with Crippen molar-refractivity contribution in [3.63, 3.8) is 0 Å². The van der Waals surface area contributed by atoms with Crippen LogP contribution in [0.25, 0.3) is 0 Å². The van der Waals surface area contributed by atoms with Gasteiger partial charge in [0.25, 0.3) is 0 Å². The zero-order valence-electron chi connectivity index (χ0n) is 13.5. The molecule has 0 unspecified atom stereocenters. The SMILES string of the molecule is [2H][13C]([2H])([2H])Sc1cccc([C@@H]2CCCN(CCC)C2)c1. The Morgan fingerprint density at radius 2 is 2.47 bits per heavy atom. The van der Waals surface area contributed by atoms with Crippen LogP contribution in [-0.4, -0.2) is 30.7 Å². The molecule has 2 rings (SSSR count). The number of likely N-dealkylation sites (tertiary alicyclic amines) is 1. The van der Waals surface area contributed by atoms with Crippen molar-refractivity contribution in [2.24, 2.45) is 0 Å². The Bertz CT molecular complexity index is 431. The Morgan fingerprint density at radius 3 is 3.29 bits per heavy atom. The molecular weight excluding hydrogens is 227 g/mol. The summed E-state index contributed by atoms with van der Waals surface area (Å²) in [6.45, 7) is 5.70. The van der Waals surface area contributed by atoms with Gasteiger partial charge in [-0.15, -0.1) is 11.8 Å². The Labute approximate surface area is 114 Å². The molecule has 1 aromatic rings. The summed E-state index contributed by atoms with van der Waals surface area (Å²) in [5.41, 5.74) is 1.29. The second-order valence-electron chi connectivity index (χ2n) is 4.81. The van der Waals surface area contributed by atoms with Crippen LogP contribution in [-0.2, 0) is 0 Å². The molecule has 0 amide bonds. The summed E-state index contributed by atoms with van der Waals surface area (Å²) in [7, 11) is 0. The van der Waals surface area contributed by atoms with Crippen molar-refractivity contribution >= 4 is 11.8 Å². The highest BCUT2D eigenvalue weighted by atomic mass is 32.2. The predicted molar refractivity (Wildman–Crippen MR) is 76.9 cm³/mol. The van der Waals surface area contributed by atoms with Gasteiger partial charge in [0.2, 0.25) is 0 Å². The van der Waals surface area contributed by atoms with Crippen molar-refractivity contribution in [3.05, 3.63) is 29.8 Å². The van der Waals surface area contributed by atoms with Gasteiger partial charge in [-0.1, -0.05) is 19.1 Å². The van der Waals surface area contributed by atoms with Gasteiger partial charge in [0, 0.05) is 15.6 Å². The first-order chi connectivity index (χ1) is 9.48. The monoisotopic (exact) mass is 253 g/mol. The van der Waals surface area contributed by atoms with Crippen LogP contribution < -0.4 is 0 Å². The van der Waals surface area contributed by atoms with Crippen LogP contribution in [0.3, 0.4) is 0 Å². The molecule has 1 nitrogen and oxygen atoms in total. The van der Waals surface area contributed by atoms with Crippen LogP contribution >= 0.6 is 11.8 Å². The lowest BCUT2D eigenvalue weighted by molar-refractivity contribution is 0.208. The molecule has 0 aliphatic carbocycles. The van der Waals surface area contributed by atoms with E-state index in [0.717, 1.165) is 23.2 Å². The van der Waals surface area contributed by atoms with Gasteiger partial charge in [0.1, 0.15) is 0 Å². The zero-order chi connectivity index (χ0) is 14.6. The molecule has 1 aliphatic heterocycles. The normalized spacial score (nSPS) is 25.0. The van der Waals surface area contributed by atoms with Gasteiger partial charge >= 0.3 is 0 Å². The number of benzene rings is 1. The minimum absolute atomic E-state index is 0.549. The largest absolute Gasteiger partial charge is 0.303 e. The molecule has 0 radical (unpaired) electrons. The van der Waals surface area contributed by atoms with Crippen molar-refractivity contribution in [3.8, 4) is 0 Å². The van der Waals surface area contributed by atoms with E-state index in [4.69, 9.17) is 4.11 Å². The van der Waals surface area contributed by atoms with E-state index in [1.54, 1.807) is 0 Å². The number of hydrogen-bond donors (Lipinski definition) is 0. The molecule has 1 heterocycles. The van der Waals surface area contributed by atoms with E-state index in [9.17, 15) is 0 Å². The quantitative estimate of drug-likeness (QED) is 0.589. The first-order valence-corrected chi connectivity index (χ1v) is 7.31. The molecule has 0 bridgehead atoms. The lowest BCUT2D eigenvalue weighted by Gasteiger charge is -2.32. The second kappa shape index (κ2) is 6.46. The average molecular weight is 253 g/mol. The Kier molecular flexibility index (Phi) is 3.59. The topological polar surface area (TPSA) is 3.24 Å². The van der Waals surface area contributed by atoms with Gasteiger partial charge in [-0.3, -0.25) is 0 Å². The van der Waals surface area contributed by atoms with Crippen LogP contribution in [0.5, 0.6) is 0 Å². The summed E-state index contributed by atoms with van der Waals surface area (Å²) in [6.07, 6.45) is 1.69. The van der Waals surface area contributed by atoms with Crippen molar-refractivity contribution in [1.29, 1.82) is 0 Å². The fraction of sp³-hybridized carbons (Fsp3) is 0.600. The minimum atomic E-state index is -1.96. The van der Waals surface area contributed by atoms with Crippen LogP contribution in [0.1, 0.15) is 41.8 Å². The maximum absolute atomic E-state index is 7.36. The van der Waals surface area contributed by atoms with Gasteiger partial charge in [-0.25, -0.2) is 0 Å². The molecule has 0 N–H and O–H groups in total. The molecule has 1 atom stereocenters. The summed E-state index contributed by atoms with van der Waals surface area (Å²) in [5.74, 6) is 0.549. The average Bonchev–Trinajstić information content (AvgIpc) is 2.38. The highest BCUT2D eigenvalue weighted by Gasteiger charge is 2.20. The Hall–Kier alpha value is -0.470. The van der Waals surface area contributed by atoms with Gasteiger partial charge < -0.3 is 4.90 Å². The van der Waals surface area contributed by atoms with Crippen LogP contribution in [0, 0.1) is 0 Å². The predicted octanol–water partition coefficient (Wildman–Crippen LogP) is 4.00. The van der Waals surface area contributed by atoms with E-state index < -0.39 is 6.18 Å². The third-order valence-electron chi connectivity index (χ3n) is 3.49. The Morgan fingerprint density at radius 1 is 1.53 bits per heavy atom. The minimum Gasteiger partial charge on any atom is -0.303 e. The zero-order valence-corrected chi connectivity index (χ0v) is 11.3. The molecule has 1 saturated heterocycles. The molecule has 1 fully saturated rings. The molecule has 2 heteroatoms. The molecule has 0 aromatic heterocycles. The van der Waals surface area contributed by atoms with Crippen molar-refractivity contribution in [1.82, 2.24) is 4.90 Å². The molecule has 17 heavy (non-hydrogen) atoms. The van der Waals surface area contributed by atoms with Crippen molar-refractivity contribution < 1.29 is 4.11 Å². The fourth-order valence-corrected chi connectivity index (χ4v) is 3.02. The number of nitrogens with zero attached hydrogens (tertiary/aromatic N) is 1. The number of piperidine rings is 1. The molecule has 0 saturated carbocycles. The van der Waals surface area contributed by atoms with E-state index in [-0.39, 0.29) is 0 Å². The number of thioether (sulfide) groups is 1. The number of hydrogen-bond acceptors (Lipinski definition) is 2. The maximum Gasteiger partial charge on any atom is 0.0348 e. The summed E-state index contributed by atoms with van der Waals surface area (Å²) in [5, 5.41) is 0. The van der Waals surface area contributed by atoms with E-state index in [1.807, 2.05) is 12.1 Å². The first-order valence-electron chi connectivity index (χ1n) is 7.99. The summed E-state index contributed by atoms with van der Waals surface area (Å²) in [6, 6.07) is 8.09. The molecule has 94 valence electrons. The molecule has 1 aliphatic rings. The van der Waals surface area contributed by atoms with E-state index >= 15 is 0 Å².